The van der Waals surface area contributed by atoms with Crippen molar-refractivity contribution in [2.24, 2.45) is 18.7 Å². The lowest BCUT2D eigenvalue weighted by Gasteiger charge is -2.20. The molecule has 1 fully saturated rings. The van der Waals surface area contributed by atoms with Crippen LogP contribution in [0.25, 0.3) is 10.9 Å². The van der Waals surface area contributed by atoms with Gasteiger partial charge in [0.1, 0.15) is 0 Å². The number of rotatable bonds is 2. The molecule has 2 unspecified atom stereocenters. The molecule has 3 rings (SSSR count). The predicted octanol–water partition coefficient (Wildman–Crippen LogP) is 2.18. The fraction of sp³-hybridized carbons (Fsp3) is 0.500. The molecule has 1 aromatic heterocycles. The van der Waals surface area contributed by atoms with Crippen LogP contribution in [0.5, 0.6) is 0 Å². The predicted molar refractivity (Wildman–Crippen MR) is 78.3 cm³/mol. The Morgan fingerprint density at radius 2 is 2.21 bits per heavy atom. The van der Waals surface area contributed by atoms with Crippen LogP contribution in [0.1, 0.15) is 18.0 Å². The minimum absolute atomic E-state index is 0.388. The van der Waals surface area contributed by atoms with Gasteiger partial charge in [0.05, 0.1) is 5.52 Å². The van der Waals surface area contributed by atoms with Crippen LogP contribution in [0.2, 0.25) is 5.15 Å². The van der Waals surface area contributed by atoms with E-state index in [2.05, 4.69) is 35.2 Å². The van der Waals surface area contributed by atoms with Gasteiger partial charge in [-0.15, -0.1) is 0 Å². The number of fused-ring (bicyclic) bond motifs is 1. The summed E-state index contributed by atoms with van der Waals surface area (Å²) in [5.74, 6) is 0.570. The van der Waals surface area contributed by atoms with E-state index < -0.39 is 0 Å². The third kappa shape index (κ3) is 2.04. The molecule has 0 spiro atoms. The van der Waals surface area contributed by atoms with Crippen LogP contribution in [0.15, 0.2) is 18.2 Å². The van der Waals surface area contributed by atoms with E-state index in [1.807, 2.05) is 11.7 Å². The summed E-state index contributed by atoms with van der Waals surface area (Å²) in [6, 6.07) is 6.70. The highest BCUT2D eigenvalue weighted by atomic mass is 35.5. The fourth-order valence-corrected chi connectivity index (χ4v) is 3.52. The molecule has 0 bridgehead atoms. The third-order valence-electron chi connectivity index (χ3n) is 4.19. The van der Waals surface area contributed by atoms with Gasteiger partial charge in [0.15, 0.2) is 5.15 Å². The quantitative estimate of drug-likeness (QED) is 0.916. The molecule has 2 N–H and O–H groups in total. The number of benzene rings is 1. The van der Waals surface area contributed by atoms with Gasteiger partial charge >= 0.3 is 0 Å². The highest BCUT2D eigenvalue weighted by Crippen LogP contribution is 2.39. The zero-order chi connectivity index (χ0) is 13.6. The summed E-state index contributed by atoms with van der Waals surface area (Å²) < 4.78 is 1.84. The average Bonchev–Trinajstić information content (AvgIpc) is 2.91. The number of aromatic nitrogens is 2. The van der Waals surface area contributed by atoms with Crippen LogP contribution in [0, 0.1) is 5.92 Å². The largest absolute Gasteiger partial charge is 0.330 e. The number of aryl methyl sites for hydroxylation is 1. The monoisotopic (exact) mass is 278 g/mol. The summed E-state index contributed by atoms with van der Waals surface area (Å²) in [6.45, 7) is 1.80. The maximum absolute atomic E-state index is 6.30. The zero-order valence-electron chi connectivity index (χ0n) is 11.3. The molecule has 2 aromatic rings. The molecule has 2 atom stereocenters. The number of hydrogen-bond donors (Lipinski definition) is 1. The number of hydrogen-bond acceptors (Lipinski definition) is 3. The zero-order valence-corrected chi connectivity index (χ0v) is 12.1. The normalized spacial score (nSPS) is 24.4. The standard InChI is InChI=1S/C14H19ClN4/c1-18-8-9(7-16)6-12(18)10-4-3-5-11-13(10)14(15)17-19(11)2/h3-5,9,12H,6-8,16H2,1-2H3. The van der Waals surface area contributed by atoms with Gasteiger partial charge in [-0.25, -0.2) is 0 Å². The second kappa shape index (κ2) is 4.78. The first-order valence-electron chi connectivity index (χ1n) is 6.63. The van der Waals surface area contributed by atoms with Crippen molar-refractivity contribution >= 4 is 22.5 Å². The van der Waals surface area contributed by atoms with Crippen LogP contribution < -0.4 is 5.73 Å². The number of nitrogens with two attached hydrogens (primary N) is 1. The molecular formula is C14H19ClN4. The molecule has 1 aliphatic rings. The van der Waals surface area contributed by atoms with Crippen LogP contribution >= 0.6 is 11.6 Å². The molecule has 19 heavy (non-hydrogen) atoms. The summed E-state index contributed by atoms with van der Waals surface area (Å²) in [4.78, 5) is 2.37. The molecule has 102 valence electrons. The minimum Gasteiger partial charge on any atom is -0.330 e. The van der Waals surface area contributed by atoms with Gasteiger partial charge in [0.25, 0.3) is 0 Å². The minimum atomic E-state index is 0.388. The first kappa shape index (κ1) is 12.9. The molecule has 0 aliphatic carbocycles. The molecule has 1 aliphatic heterocycles. The van der Waals surface area contributed by atoms with Crippen molar-refractivity contribution in [3.05, 3.63) is 28.9 Å². The molecule has 2 heterocycles. The molecule has 0 amide bonds. The number of halogens is 1. The highest BCUT2D eigenvalue weighted by Gasteiger charge is 2.31. The lowest BCUT2D eigenvalue weighted by atomic mass is 9.97. The Morgan fingerprint density at radius 3 is 2.89 bits per heavy atom. The molecule has 4 nitrogen and oxygen atoms in total. The van der Waals surface area contributed by atoms with Crippen molar-refractivity contribution in [1.29, 1.82) is 0 Å². The Balaban J connectivity index is 2.10. The maximum atomic E-state index is 6.30. The maximum Gasteiger partial charge on any atom is 0.159 e. The molecule has 0 saturated carbocycles. The fourth-order valence-electron chi connectivity index (χ4n) is 3.21. The lowest BCUT2D eigenvalue weighted by Crippen LogP contribution is -2.20. The van der Waals surface area contributed by atoms with Crippen molar-refractivity contribution in [3.63, 3.8) is 0 Å². The van der Waals surface area contributed by atoms with Crippen molar-refractivity contribution < 1.29 is 0 Å². The molecule has 5 heteroatoms. The summed E-state index contributed by atoms with van der Waals surface area (Å²) in [7, 11) is 4.09. The van der Waals surface area contributed by atoms with E-state index in [4.69, 9.17) is 17.3 Å². The summed E-state index contributed by atoms with van der Waals surface area (Å²) in [5.41, 5.74) is 8.18. The number of likely N-dealkylation sites (tertiary alicyclic amines) is 1. The van der Waals surface area contributed by atoms with Crippen molar-refractivity contribution in [2.45, 2.75) is 12.5 Å². The van der Waals surface area contributed by atoms with Crippen molar-refractivity contribution in [1.82, 2.24) is 14.7 Å². The van der Waals surface area contributed by atoms with E-state index in [1.165, 1.54) is 5.56 Å². The first-order chi connectivity index (χ1) is 9.11. The van der Waals surface area contributed by atoms with E-state index in [0.717, 1.165) is 30.4 Å². The van der Waals surface area contributed by atoms with Crippen LogP contribution in [0.4, 0.5) is 0 Å². The Morgan fingerprint density at radius 1 is 1.42 bits per heavy atom. The Kier molecular flexibility index (Phi) is 3.25. The highest BCUT2D eigenvalue weighted by molar-refractivity contribution is 6.34. The van der Waals surface area contributed by atoms with Gasteiger partial charge in [0, 0.05) is 25.0 Å². The molecule has 1 saturated heterocycles. The molecule has 1 aromatic carbocycles. The third-order valence-corrected chi connectivity index (χ3v) is 4.46. The van der Waals surface area contributed by atoms with Gasteiger partial charge < -0.3 is 5.73 Å². The van der Waals surface area contributed by atoms with E-state index >= 15 is 0 Å². The molecular weight excluding hydrogens is 260 g/mol. The van der Waals surface area contributed by atoms with Gasteiger partial charge in [-0.1, -0.05) is 23.7 Å². The lowest BCUT2D eigenvalue weighted by molar-refractivity contribution is 0.315. The van der Waals surface area contributed by atoms with Crippen LogP contribution in [0.3, 0.4) is 0 Å². The van der Waals surface area contributed by atoms with Gasteiger partial charge in [-0.2, -0.15) is 5.10 Å². The topological polar surface area (TPSA) is 47.1 Å². The smallest absolute Gasteiger partial charge is 0.159 e. The second-order valence-corrected chi connectivity index (χ2v) is 5.81. The second-order valence-electron chi connectivity index (χ2n) is 5.45. The van der Waals surface area contributed by atoms with Gasteiger partial charge in [-0.3, -0.25) is 9.58 Å². The van der Waals surface area contributed by atoms with Crippen LogP contribution in [-0.2, 0) is 7.05 Å². The van der Waals surface area contributed by atoms with Gasteiger partial charge in [-0.05, 0) is 37.6 Å². The summed E-state index contributed by atoms with van der Waals surface area (Å²) in [6.07, 6.45) is 1.09. The van der Waals surface area contributed by atoms with E-state index in [-0.39, 0.29) is 0 Å². The molecule has 0 radical (unpaired) electrons. The van der Waals surface area contributed by atoms with Gasteiger partial charge in [0.2, 0.25) is 0 Å². The van der Waals surface area contributed by atoms with Crippen LogP contribution in [-0.4, -0.2) is 34.8 Å². The van der Waals surface area contributed by atoms with Crippen molar-refractivity contribution in [2.75, 3.05) is 20.1 Å². The van der Waals surface area contributed by atoms with E-state index in [9.17, 15) is 0 Å². The SMILES string of the molecule is CN1CC(CN)CC1c1cccc2c1c(Cl)nn2C. The van der Waals surface area contributed by atoms with E-state index in [1.54, 1.807) is 0 Å². The Bertz CT molecular complexity index is 607. The summed E-state index contributed by atoms with van der Waals surface area (Å²) >= 11 is 6.30. The summed E-state index contributed by atoms with van der Waals surface area (Å²) in [5, 5.41) is 6.00. The van der Waals surface area contributed by atoms with Crippen molar-refractivity contribution in [3.8, 4) is 0 Å². The van der Waals surface area contributed by atoms with E-state index in [0.29, 0.717) is 17.1 Å². The first-order valence-corrected chi connectivity index (χ1v) is 7.01. The average molecular weight is 279 g/mol. The Hall–Kier alpha value is -1.10. The number of nitrogens with zero attached hydrogens (tertiary/aromatic N) is 3. The Labute approximate surface area is 118 Å².